The average molecular weight is 310 g/mol. The van der Waals surface area contributed by atoms with Crippen molar-refractivity contribution >= 4 is 6.92 Å². The van der Waals surface area contributed by atoms with Crippen LogP contribution in [0.4, 0.5) is 0 Å². The standard InChI is InChI=1S/C20H43BO/c1-4-7-10-12-14-16-18-21(22-20-9-6-3)19-17-15-13-11-8-5-2/h4-20H2,1-3H3. The van der Waals surface area contributed by atoms with Crippen LogP contribution in [0.15, 0.2) is 0 Å². The van der Waals surface area contributed by atoms with Crippen LogP contribution in [0, 0.1) is 0 Å². The minimum atomic E-state index is 0.545. The molecule has 0 unspecified atom stereocenters. The van der Waals surface area contributed by atoms with Crippen LogP contribution >= 0.6 is 0 Å². The maximum absolute atomic E-state index is 6.14. The second-order valence-electron chi connectivity index (χ2n) is 6.96. The third-order valence-electron chi connectivity index (χ3n) is 4.61. The molecule has 0 radical (unpaired) electrons. The zero-order valence-corrected chi connectivity index (χ0v) is 16.0. The number of hydrogen-bond donors (Lipinski definition) is 0. The molecular weight excluding hydrogens is 267 g/mol. The van der Waals surface area contributed by atoms with E-state index >= 15 is 0 Å². The number of unbranched alkanes of at least 4 members (excludes halogenated alkanes) is 11. The fraction of sp³-hybridized carbons (Fsp3) is 1.00. The van der Waals surface area contributed by atoms with Gasteiger partial charge in [0.15, 0.2) is 0 Å². The SMILES string of the molecule is CCCCCCCCB(CCCCCCCC)OCCCC. The van der Waals surface area contributed by atoms with Crippen molar-refractivity contribution in [1.29, 1.82) is 0 Å². The molecule has 0 aromatic rings. The molecule has 132 valence electrons. The van der Waals surface area contributed by atoms with Gasteiger partial charge in [0.25, 0.3) is 6.92 Å². The molecule has 0 atom stereocenters. The van der Waals surface area contributed by atoms with Gasteiger partial charge in [-0.05, 0) is 19.1 Å². The van der Waals surface area contributed by atoms with Crippen LogP contribution in [0.3, 0.4) is 0 Å². The van der Waals surface area contributed by atoms with Crippen LogP contribution in [0.2, 0.25) is 12.6 Å². The van der Waals surface area contributed by atoms with Gasteiger partial charge in [0.1, 0.15) is 0 Å². The van der Waals surface area contributed by atoms with Gasteiger partial charge >= 0.3 is 0 Å². The maximum atomic E-state index is 6.14. The Balaban J connectivity index is 3.65. The summed E-state index contributed by atoms with van der Waals surface area (Å²) < 4.78 is 6.14. The molecule has 0 aliphatic heterocycles. The molecule has 0 aromatic heterocycles. The predicted molar refractivity (Wildman–Crippen MR) is 103 cm³/mol. The fourth-order valence-corrected chi connectivity index (χ4v) is 3.01. The van der Waals surface area contributed by atoms with E-state index in [0.717, 1.165) is 6.61 Å². The highest BCUT2D eigenvalue weighted by Crippen LogP contribution is 2.16. The first-order chi connectivity index (χ1) is 10.8. The molecule has 0 heterocycles. The van der Waals surface area contributed by atoms with E-state index in [1.54, 1.807) is 0 Å². The van der Waals surface area contributed by atoms with Crippen LogP contribution in [-0.4, -0.2) is 13.5 Å². The van der Waals surface area contributed by atoms with E-state index in [9.17, 15) is 0 Å². The summed E-state index contributed by atoms with van der Waals surface area (Å²) in [5.41, 5.74) is 0. The highest BCUT2D eigenvalue weighted by molar-refractivity contribution is 6.51. The summed E-state index contributed by atoms with van der Waals surface area (Å²) in [5, 5.41) is 0. The van der Waals surface area contributed by atoms with Gasteiger partial charge in [-0.15, -0.1) is 0 Å². The van der Waals surface area contributed by atoms with Crippen molar-refractivity contribution in [3.05, 3.63) is 0 Å². The summed E-state index contributed by atoms with van der Waals surface area (Å²) in [7, 11) is 0. The van der Waals surface area contributed by atoms with E-state index in [1.807, 2.05) is 0 Å². The Hall–Kier alpha value is 0.0249. The van der Waals surface area contributed by atoms with Gasteiger partial charge in [0, 0.05) is 6.61 Å². The molecule has 0 saturated carbocycles. The van der Waals surface area contributed by atoms with Gasteiger partial charge < -0.3 is 4.65 Å². The van der Waals surface area contributed by atoms with E-state index < -0.39 is 0 Å². The fourth-order valence-electron chi connectivity index (χ4n) is 3.01. The van der Waals surface area contributed by atoms with Crippen molar-refractivity contribution in [3.63, 3.8) is 0 Å². The highest BCUT2D eigenvalue weighted by atomic mass is 16.4. The third-order valence-corrected chi connectivity index (χ3v) is 4.61. The molecule has 0 aliphatic rings. The van der Waals surface area contributed by atoms with Crippen molar-refractivity contribution < 1.29 is 4.65 Å². The lowest BCUT2D eigenvalue weighted by Gasteiger charge is -2.14. The molecule has 22 heavy (non-hydrogen) atoms. The summed E-state index contributed by atoms with van der Waals surface area (Å²) in [4.78, 5) is 0. The molecular formula is C20H43BO. The van der Waals surface area contributed by atoms with Gasteiger partial charge in [-0.3, -0.25) is 0 Å². The lowest BCUT2D eigenvalue weighted by Crippen LogP contribution is -2.18. The first kappa shape index (κ1) is 22.0. The monoisotopic (exact) mass is 310 g/mol. The molecule has 0 bridgehead atoms. The normalized spacial score (nSPS) is 11.0. The molecule has 0 aromatic carbocycles. The lowest BCUT2D eigenvalue weighted by atomic mass is 9.59. The summed E-state index contributed by atoms with van der Waals surface area (Å²) in [6.45, 7) is 8.35. The first-order valence-electron chi connectivity index (χ1n) is 10.5. The Morgan fingerprint density at radius 3 is 1.36 bits per heavy atom. The molecule has 2 heteroatoms. The third kappa shape index (κ3) is 16.4. The molecule has 0 amide bonds. The van der Waals surface area contributed by atoms with E-state index in [-0.39, 0.29) is 0 Å². The van der Waals surface area contributed by atoms with Crippen molar-refractivity contribution in [2.24, 2.45) is 0 Å². The van der Waals surface area contributed by atoms with Gasteiger partial charge in [-0.1, -0.05) is 104 Å². The number of rotatable bonds is 18. The van der Waals surface area contributed by atoms with Gasteiger partial charge in [0.05, 0.1) is 0 Å². The number of hydrogen-bond acceptors (Lipinski definition) is 1. The van der Waals surface area contributed by atoms with Gasteiger partial charge in [-0.2, -0.15) is 0 Å². The minimum absolute atomic E-state index is 0.545. The van der Waals surface area contributed by atoms with Crippen LogP contribution < -0.4 is 0 Å². The first-order valence-corrected chi connectivity index (χ1v) is 10.5. The zero-order valence-electron chi connectivity index (χ0n) is 16.0. The Morgan fingerprint density at radius 2 is 0.909 bits per heavy atom. The smallest absolute Gasteiger partial charge is 0.293 e. The lowest BCUT2D eigenvalue weighted by molar-refractivity contribution is 0.307. The molecule has 0 aliphatic carbocycles. The molecule has 0 fully saturated rings. The summed E-state index contributed by atoms with van der Waals surface area (Å²) in [6, 6.07) is 0. The molecule has 1 nitrogen and oxygen atoms in total. The molecule has 0 spiro atoms. The zero-order chi connectivity index (χ0) is 16.3. The molecule has 0 saturated heterocycles. The maximum Gasteiger partial charge on any atom is 0.293 e. The van der Waals surface area contributed by atoms with Crippen LogP contribution in [0.25, 0.3) is 0 Å². The second-order valence-corrected chi connectivity index (χ2v) is 6.96. The molecule has 0 rings (SSSR count). The van der Waals surface area contributed by atoms with Crippen molar-refractivity contribution in [2.75, 3.05) is 6.61 Å². The summed E-state index contributed by atoms with van der Waals surface area (Å²) >= 11 is 0. The Labute approximate surface area is 142 Å². The Kier molecular flexibility index (Phi) is 19.1. The van der Waals surface area contributed by atoms with Crippen LogP contribution in [0.5, 0.6) is 0 Å². The van der Waals surface area contributed by atoms with E-state index in [2.05, 4.69) is 20.8 Å². The van der Waals surface area contributed by atoms with Crippen molar-refractivity contribution in [1.82, 2.24) is 0 Å². The van der Waals surface area contributed by atoms with Gasteiger partial charge in [0.2, 0.25) is 0 Å². The second kappa shape index (κ2) is 19.1. The summed E-state index contributed by atoms with van der Waals surface area (Å²) in [6.07, 6.45) is 21.8. The van der Waals surface area contributed by atoms with Crippen molar-refractivity contribution in [2.45, 2.75) is 123 Å². The average Bonchev–Trinajstić information content (AvgIpc) is 2.53. The quantitative estimate of drug-likeness (QED) is 0.188. The van der Waals surface area contributed by atoms with E-state index in [4.69, 9.17) is 4.65 Å². The van der Waals surface area contributed by atoms with Crippen LogP contribution in [0.1, 0.15) is 111 Å². The highest BCUT2D eigenvalue weighted by Gasteiger charge is 2.14. The summed E-state index contributed by atoms with van der Waals surface area (Å²) in [5.74, 6) is 0. The van der Waals surface area contributed by atoms with Crippen molar-refractivity contribution in [3.8, 4) is 0 Å². The van der Waals surface area contributed by atoms with E-state index in [1.165, 1.54) is 103 Å². The predicted octanol–water partition coefficient (Wildman–Crippen LogP) is 7.52. The Bertz CT molecular complexity index is 180. The Morgan fingerprint density at radius 1 is 0.500 bits per heavy atom. The van der Waals surface area contributed by atoms with Crippen LogP contribution in [-0.2, 0) is 4.65 Å². The van der Waals surface area contributed by atoms with E-state index in [0.29, 0.717) is 6.92 Å². The largest absolute Gasteiger partial charge is 0.436 e. The van der Waals surface area contributed by atoms with Gasteiger partial charge in [-0.25, -0.2) is 0 Å². The molecule has 0 N–H and O–H groups in total. The topological polar surface area (TPSA) is 9.23 Å². The minimum Gasteiger partial charge on any atom is -0.436 e.